The third kappa shape index (κ3) is 4.77. The lowest BCUT2D eigenvalue weighted by Crippen LogP contribution is -2.40. The van der Waals surface area contributed by atoms with E-state index >= 15 is 0 Å². The number of carbonyl (C=O) groups is 1. The molecule has 0 aromatic heterocycles. The maximum absolute atomic E-state index is 12.0. The van der Waals surface area contributed by atoms with Gasteiger partial charge in [0, 0.05) is 12.1 Å². The minimum Gasteiger partial charge on any atom is -0.444 e. The van der Waals surface area contributed by atoms with Crippen molar-refractivity contribution < 1.29 is 9.53 Å². The Labute approximate surface area is 129 Å². The maximum Gasteiger partial charge on any atom is 0.424 e. The monoisotopic (exact) mass is 304 g/mol. The normalized spacial score (nSPS) is 10.2. The maximum atomic E-state index is 12.0. The van der Waals surface area contributed by atoms with Crippen LogP contribution in [0, 0.1) is 0 Å². The lowest BCUT2D eigenvalue weighted by atomic mass is 10.2. The third-order valence-electron chi connectivity index (χ3n) is 2.95. The van der Waals surface area contributed by atoms with Crippen LogP contribution >= 0.6 is 11.6 Å². The first-order valence-corrected chi connectivity index (χ1v) is 6.97. The molecule has 2 aromatic rings. The molecule has 0 saturated carbocycles. The molecular weight excluding hydrogens is 288 g/mol. The van der Waals surface area contributed by atoms with Crippen molar-refractivity contribution in [3.8, 4) is 0 Å². The summed E-state index contributed by atoms with van der Waals surface area (Å²) in [5, 5.41) is 2.08. The van der Waals surface area contributed by atoms with Gasteiger partial charge < -0.3 is 4.74 Å². The van der Waals surface area contributed by atoms with Gasteiger partial charge in [0.05, 0.1) is 6.54 Å². The van der Waals surface area contributed by atoms with E-state index in [9.17, 15) is 4.79 Å². The molecule has 0 aliphatic carbocycles. The molecule has 0 aliphatic rings. The number of carbonyl (C=O) groups excluding carboxylic acids is 1. The number of nitrogens with zero attached hydrogens (tertiary/aromatic N) is 1. The number of ether oxygens (including phenoxy) is 1. The summed E-state index contributed by atoms with van der Waals surface area (Å²) >= 11 is 5.84. The van der Waals surface area contributed by atoms with Crippen molar-refractivity contribution >= 4 is 17.7 Å². The molecule has 4 nitrogen and oxygen atoms in total. The van der Waals surface area contributed by atoms with Gasteiger partial charge in [-0.3, -0.25) is 0 Å². The van der Waals surface area contributed by atoms with Gasteiger partial charge in [0.2, 0.25) is 0 Å². The second kappa shape index (κ2) is 7.67. The molecule has 0 unspecified atom stereocenters. The highest BCUT2D eigenvalue weighted by atomic mass is 35.5. The van der Waals surface area contributed by atoms with Crippen LogP contribution in [0.2, 0.25) is 5.02 Å². The highest BCUT2D eigenvalue weighted by Gasteiger charge is 2.13. The van der Waals surface area contributed by atoms with E-state index in [1.807, 2.05) is 42.5 Å². The van der Waals surface area contributed by atoms with E-state index in [4.69, 9.17) is 16.3 Å². The summed E-state index contributed by atoms with van der Waals surface area (Å²) in [6.07, 6.45) is -0.420. The van der Waals surface area contributed by atoms with Crippen LogP contribution in [0.5, 0.6) is 0 Å². The molecule has 110 valence electrons. The van der Waals surface area contributed by atoms with E-state index in [2.05, 4.69) is 5.43 Å². The Morgan fingerprint density at radius 1 is 1.10 bits per heavy atom. The van der Waals surface area contributed by atoms with Crippen LogP contribution in [-0.2, 0) is 17.9 Å². The number of amides is 1. The van der Waals surface area contributed by atoms with Crippen molar-refractivity contribution in [1.82, 2.24) is 10.4 Å². The fourth-order valence-electron chi connectivity index (χ4n) is 1.80. The van der Waals surface area contributed by atoms with Crippen molar-refractivity contribution in [3.05, 3.63) is 70.7 Å². The van der Waals surface area contributed by atoms with Gasteiger partial charge >= 0.3 is 6.09 Å². The molecule has 21 heavy (non-hydrogen) atoms. The zero-order valence-electron chi connectivity index (χ0n) is 11.8. The summed E-state index contributed by atoms with van der Waals surface area (Å²) in [6, 6.07) is 16.9. The molecule has 0 atom stereocenters. The Hall–Kier alpha value is -2.04. The number of benzene rings is 2. The van der Waals surface area contributed by atoms with Crippen LogP contribution in [-0.4, -0.2) is 18.1 Å². The first-order valence-electron chi connectivity index (χ1n) is 6.59. The average Bonchev–Trinajstić information content (AvgIpc) is 2.53. The van der Waals surface area contributed by atoms with Gasteiger partial charge in [-0.25, -0.2) is 15.2 Å². The molecule has 0 aliphatic heterocycles. The Morgan fingerprint density at radius 3 is 2.38 bits per heavy atom. The van der Waals surface area contributed by atoms with Crippen LogP contribution in [0.4, 0.5) is 4.79 Å². The van der Waals surface area contributed by atoms with Crippen LogP contribution in [0.25, 0.3) is 0 Å². The predicted molar refractivity (Wildman–Crippen MR) is 82.7 cm³/mol. The molecule has 0 spiro atoms. The Morgan fingerprint density at radius 2 is 1.76 bits per heavy atom. The largest absolute Gasteiger partial charge is 0.444 e. The van der Waals surface area contributed by atoms with E-state index in [-0.39, 0.29) is 6.61 Å². The summed E-state index contributed by atoms with van der Waals surface area (Å²) < 4.78 is 5.28. The molecule has 1 amide bonds. The first kappa shape index (κ1) is 15.4. The number of hydrogen-bond donors (Lipinski definition) is 1. The SMILES string of the molecule is CNN(Cc1ccc(Cl)cc1)C(=O)OCc1ccccc1. The highest BCUT2D eigenvalue weighted by Crippen LogP contribution is 2.11. The van der Waals surface area contributed by atoms with Crippen LogP contribution < -0.4 is 5.43 Å². The van der Waals surface area contributed by atoms with Gasteiger partial charge in [-0.15, -0.1) is 0 Å². The highest BCUT2D eigenvalue weighted by molar-refractivity contribution is 6.30. The van der Waals surface area contributed by atoms with Crippen LogP contribution in [0.15, 0.2) is 54.6 Å². The summed E-state index contributed by atoms with van der Waals surface area (Å²) in [7, 11) is 1.68. The molecular formula is C16H17ClN2O2. The quantitative estimate of drug-likeness (QED) is 0.858. The van der Waals surface area contributed by atoms with Crippen molar-refractivity contribution in [2.75, 3.05) is 7.05 Å². The Bertz CT molecular complexity index is 573. The fraction of sp³-hybridized carbons (Fsp3) is 0.188. The number of halogens is 1. The van der Waals surface area contributed by atoms with E-state index < -0.39 is 6.09 Å². The minimum absolute atomic E-state index is 0.248. The van der Waals surface area contributed by atoms with E-state index in [0.29, 0.717) is 11.6 Å². The second-order valence-corrected chi connectivity index (χ2v) is 4.91. The van der Waals surface area contributed by atoms with Gasteiger partial charge in [-0.05, 0) is 23.3 Å². The lowest BCUT2D eigenvalue weighted by molar-refractivity contribution is 0.0780. The molecule has 0 saturated heterocycles. The summed E-state index contributed by atoms with van der Waals surface area (Å²) in [5.74, 6) is 0. The molecule has 0 heterocycles. The van der Waals surface area contributed by atoms with Gasteiger partial charge in [0.1, 0.15) is 6.61 Å². The number of rotatable bonds is 5. The van der Waals surface area contributed by atoms with Crippen molar-refractivity contribution in [3.63, 3.8) is 0 Å². The number of nitrogens with one attached hydrogen (secondary N) is 1. The molecule has 0 bridgehead atoms. The topological polar surface area (TPSA) is 41.6 Å². The Kier molecular flexibility index (Phi) is 5.60. The van der Waals surface area contributed by atoms with Crippen molar-refractivity contribution in [2.45, 2.75) is 13.2 Å². The fourth-order valence-corrected chi connectivity index (χ4v) is 1.93. The van der Waals surface area contributed by atoms with E-state index in [1.54, 1.807) is 19.2 Å². The second-order valence-electron chi connectivity index (χ2n) is 4.48. The molecule has 0 radical (unpaired) electrons. The predicted octanol–water partition coefficient (Wildman–Crippen LogP) is 3.61. The molecule has 2 aromatic carbocycles. The molecule has 0 fully saturated rings. The summed E-state index contributed by atoms with van der Waals surface area (Å²) in [4.78, 5) is 12.0. The minimum atomic E-state index is -0.420. The van der Waals surface area contributed by atoms with E-state index in [1.165, 1.54) is 5.01 Å². The number of hydrogen-bond acceptors (Lipinski definition) is 3. The smallest absolute Gasteiger partial charge is 0.424 e. The van der Waals surface area contributed by atoms with Crippen molar-refractivity contribution in [1.29, 1.82) is 0 Å². The van der Waals surface area contributed by atoms with Gasteiger partial charge in [-0.1, -0.05) is 54.1 Å². The zero-order chi connectivity index (χ0) is 15.1. The zero-order valence-corrected chi connectivity index (χ0v) is 12.5. The van der Waals surface area contributed by atoms with Crippen molar-refractivity contribution in [2.24, 2.45) is 0 Å². The van der Waals surface area contributed by atoms with Gasteiger partial charge in [-0.2, -0.15) is 0 Å². The Balaban J connectivity index is 1.90. The molecule has 5 heteroatoms. The number of hydrazine groups is 1. The van der Waals surface area contributed by atoms with Gasteiger partial charge in [0.25, 0.3) is 0 Å². The van der Waals surface area contributed by atoms with Crippen LogP contribution in [0.3, 0.4) is 0 Å². The third-order valence-corrected chi connectivity index (χ3v) is 3.20. The summed E-state index contributed by atoms with van der Waals surface area (Å²) in [6.45, 7) is 0.653. The summed E-state index contributed by atoms with van der Waals surface area (Å²) in [5.41, 5.74) is 4.74. The average molecular weight is 305 g/mol. The standard InChI is InChI=1S/C16H17ClN2O2/c1-18-19(11-13-7-9-15(17)10-8-13)16(20)21-12-14-5-3-2-4-6-14/h2-10,18H,11-12H2,1H3. The van der Waals surface area contributed by atoms with Gasteiger partial charge in [0.15, 0.2) is 0 Å². The molecule has 1 N–H and O–H groups in total. The first-order chi connectivity index (χ1) is 10.2. The van der Waals surface area contributed by atoms with E-state index in [0.717, 1.165) is 11.1 Å². The molecule has 2 rings (SSSR count). The lowest BCUT2D eigenvalue weighted by Gasteiger charge is -2.20. The van der Waals surface area contributed by atoms with Crippen LogP contribution in [0.1, 0.15) is 11.1 Å².